The first-order valence-electron chi connectivity index (χ1n) is 5.50. The van der Waals surface area contributed by atoms with E-state index in [0.717, 1.165) is 22.9 Å². The van der Waals surface area contributed by atoms with E-state index in [2.05, 4.69) is 25.2 Å². The van der Waals surface area contributed by atoms with Crippen molar-refractivity contribution in [3.05, 3.63) is 34.4 Å². The maximum atomic E-state index is 5.95. The Hall–Kier alpha value is -0.990. The molecule has 2 rings (SSSR count). The molecule has 1 N–H and O–H groups in total. The van der Waals surface area contributed by atoms with Crippen molar-refractivity contribution in [2.75, 3.05) is 13.2 Å². The minimum atomic E-state index is 0.488. The van der Waals surface area contributed by atoms with Crippen LogP contribution in [0.15, 0.2) is 23.8 Å². The molecule has 0 aliphatic carbocycles. The Balaban J connectivity index is 2.14. The predicted octanol–water partition coefficient (Wildman–Crippen LogP) is 3.11. The van der Waals surface area contributed by atoms with Crippen LogP contribution in [0.4, 0.5) is 0 Å². The Labute approximate surface area is 101 Å². The first-order valence-corrected chi connectivity index (χ1v) is 5.88. The van der Waals surface area contributed by atoms with Crippen LogP contribution in [-0.2, 0) is 0 Å². The molecule has 0 atom stereocenters. The average Bonchev–Trinajstić information content (AvgIpc) is 2.25. The van der Waals surface area contributed by atoms with Crippen LogP contribution in [-0.4, -0.2) is 19.2 Å². The molecule has 0 fully saturated rings. The van der Waals surface area contributed by atoms with Crippen LogP contribution in [0.1, 0.15) is 19.4 Å². The smallest absolute Gasteiger partial charge is 0.127 e. The van der Waals surface area contributed by atoms with Crippen LogP contribution in [0, 0.1) is 0 Å². The Morgan fingerprint density at radius 3 is 3.00 bits per heavy atom. The maximum absolute atomic E-state index is 5.95. The molecular weight excluding hydrogens is 222 g/mol. The molecule has 1 aromatic carbocycles. The van der Waals surface area contributed by atoms with Gasteiger partial charge in [-0.3, -0.25) is 0 Å². The molecule has 0 amide bonds. The molecule has 2 nitrogen and oxygen atoms in total. The number of hydrogen-bond donors (Lipinski definition) is 1. The van der Waals surface area contributed by atoms with Gasteiger partial charge < -0.3 is 10.1 Å². The van der Waals surface area contributed by atoms with Crippen LogP contribution < -0.4 is 10.1 Å². The van der Waals surface area contributed by atoms with Gasteiger partial charge in [-0.1, -0.05) is 25.4 Å². The molecule has 1 aromatic rings. The highest BCUT2D eigenvalue weighted by Gasteiger charge is 2.11. The lowest BCUT2D eigenvalue weighted by Crippen LogP contribution is -2.27. The lowest BCUT2D eigenvalue weighted by Gasteiger charge is -2.19. The zero-order valence-electron chi connectivity index (χ0n) is 9.59. The van der Waals surface area contributed by atoms with E-state index in [1.807, 2.05) is 18.2 Å². The number of benzene rings is 1. The average molecular weight is 238 g/mol. The van der Waals surface area contributed by atoms with Gasteiger partial charge in [0.05, 0.1) is 0 Å². The van der Waals surface area contributed by atoms with Crippen LogP contribution in [0.25, 0.3) is 6.08 Å². The van der Waals surface area contributed by atoms with Gasteiger partial charge in [-0.05, 0) is 29.8 Å². The molecular formula is C13H16ClNO. The number of halogens is 1. The Bertz CT molecular complexity index is 412. The van der Waals surface area contributed by atoms with Gasteiger partial charge in [-0.25, -0.2) is 0 Å². The SMILES string of the molecule is CC(C)NCC1=Cc2cc(Cl)ccc2OC1. The third-order valence-electron chi connectivity index (χ3n) is 2.48. The molecule has 0 bridgehead atoms. The van der Waals surface area contributed by atoms with Crippen molar-refractivity contribution in [3.63, 3.8) is 0 Å². The monoisotopic (exact) mass is 237 g/mol. The van der Waals surface area contributed by atoms with Crippen molar-refractivity contribution in [1.82, 2.24) is 5.32 Å². The molecule has 0 saturated carbocycles. The summed E-state index contributed by atoms with van der Waals surface area (Å²) in [6.45, 7) is 5.79. The summed E-state index contributed by atoms with van der Waals surface area (Å²) in [5.41, 5.74) is 2.32. The standard InChI is InChI=1S/C13H16ClNO/c1-9(2)15-7-10-5-11-6-12(14)3-4-13(11)16-8-10/h3-6,9,15H,7-8H2,1-2H3. The summed E-state index contributed by atoms with van der Waals surface area (Å²) in [6, 6.07) is 6.19. The van der Waals surface area contributed by atoms with E-state index in [1.165, 1.54) is 5.57 Å². The van der Waals surface area contributed by atoms with Crippen molar-refractivity contribution in [2.24, 2.45) is 0 Å². The highest BCUT2D eigenvalue weighted by molar-refractivity contribution is 6.30. The Kier molecular flexibility index (Phi) is 3.52. The van der Waals surface area contributed by atoms with Gasteiger partial charge in [0.25, 0.3) is 0 Å². The van der Waals surface area contributed by atoms with E-state index in [1.54, 1.807) is 0 Å². The van der Waals surface area contributed by atoms with E-state index < -0.39 is 0 Å². The maximum Gasteiger partial charge on any atom is 0.127 e. The normalized spacial score (nSPS) is 14.4. The minimum absolute atomic E-state index is 0.488. The number of rotatable bonds is 3. The van der Waals surface area contributed by atoms with Crippen molar-refractivity contribution in [3.8, 4) is 5.75 Å². The highest BCUT2D eigenvalue weighted by Crippen LogP contribution is 2.28. The van der Waals surface area contributed by atoms with E-state index in [9.17, 15) is 0 Å². The lowest BCUT2D eigenvalue weighted by atomic mass is 10.1. The van der Waals surface area contributed by atoms with Crippen LogP contribution in [0.5, 0.6) is 5.75 Å². The van der Waals surface area contributed by atoms with Crippen molar-refractivity contribution in [2.45, 2.75) is 19.9 Å². The molecule has 16 heavy (non-hydrogen) atoms. The van der Waals surface area contributed by atoms with Gasteiger partial charge in [-0.15, -0.1) is 0 Å². The van der Waals surface area contributed by atoms with Gasteiger partial charge in [-0.2, -0.15) is 0 Å². The van der Waals surface area contributed by atoms with Crippen LogP contribution in [0.3, 0.4) is 0 Å². The molecule has 1 aliphatic rings. The largest absolute Gasteiger partial charge is 0.489 e. The number of nitrogens with one attached hydrogen (secondary N) is 1. The van der Waals surface area contributed by atoms with Crippen LogP contribution in [0.2, 0.25) is 5.02 Å². The highest BCUT2D eigenvalue weighted by atomic mass is 35.5. The molecule has 1 aliphatic heterocycles. The second kappa shape index (κ2) is 4.89. The van der Waals surface area contributed by atoms with Crippen molar-refractivity contribution < 1.29 is 4.74 Å². The third-order valence-corrected chi connectivity index (χ3v) is 2.72. The molecule has 0 radical (unpaired) electrons. The van der Waals surface area contributed by atoms with Gasteiger partial charge >= 0.3 is 0 Å². The molecule has 86 valence electrons. The summed E-state index contributed by atoms with van der Waals surface area (Å²) < 4.78 is 5.66. The second-order valence-electron chi connectivity index (χ2n) is 4.31. The van der Waals surface area contributed by atoms with Crippen molar-refractivity contribution >= 4 is 17.7 Å². The lowest BCUT2D eigenvalue weighted by molar-refractivity contribution is 0.342. The van der Waals surface area contributed by atoms with Gasteiger partial charge in [0, 0.05) is 23.2 Å². The van der Waals surface area contributed by atoms with Crippen LogP contribution >= 0.6 is 11.6 Å². The molecule has 1 heterocycles. The van der Waals surface area contributed by atoms with E-state index in [0.29, 0.717) is 12.6 Å². The summed E-state index contributed by atoms with van der Waals surface area (Å²) in [4.78, 5) is 0. The first-order chi connectivity index (χ1) is 7.65. The Morgan fingerprint density at radius 2 is 2.25 bits per heavy atom. The van der Waals surface area contributed by atoms with E-state index >= 15 is 0 Å². The molecule has 0 unspecified atom stereocenters. The number of fused-ring (bicyclic) bond motifs is 1. The summed E-state index contributed by atoms with van der Waals surface area (Å²) in [5.74, 6) is 0.915. The molecule has 0 saturated heterocycles. The predicted molar refractivity (Wildman–Crippen MR) is 68.1 cm³/mol. The zero-order valence-corrected chi connectivity index (χ0v) is 10.3. The first kappa shape index (κ1) is 11.5. The van der Waals surface area contributed by atoms with Crippen molar-refractivity contribution in [1.29, 1.82) is 0 Å². The zero-order chi connectivity index (χ0) is 11.5. The molecule has 3 heteroatoms. The van der Waals surface area contributed by atoms with E-state index in [-0.39, 0.29) is 0 Å². The number of hydrogen-bond acceptors (Lipinski definition) is 2. The minimum Gasteiger partial charge on any atom is -0.489 e. The van der Waals surface area contributed by atoms with E-state index in [4.69, 9.17) is 16.3 Å². The fraction of sp³-hybridized carbons (Fsp3) is 0.385. The molecule has 0 aromatic heterocycles. The summed E-state index contributed by atoms with van der Waals surface area (Å²) in [7, 11) is 0. The summed E-state index contributed by atoms with van der Waals surface area (Å²) >= 11 is 5.95. The second-order valence-corrected chi connectivity index (χ2v) is 4.75. The number of ether oxygens (including phenoxy) is 1. The topological polar surface area (TPSA) is 21.3 Å². The van der Waals surface area contributed by atoms with Gasteiger partial charge in [0.2, 0.25) is 0 Å². The summed E-state index contributed by atoms with van der Waals surface area (Å²) in [5, 5.41) is 4.13. The molecule has 0 spiro atoms. The van der Waals surface area contributed by atoms with Gasteiger partial charge in [0.1, 0.15) is 12.4 Å². The van der Waals surface area contributed by atoms with Gasteiger partial charge in [0.15, 0.2) is 0 Å². The quantitative estimate of drug-likeness (QED) is 0.872. The fourth-order valence-corrected chi connectivity index (χ4v) is 1.81. The fourth-order valence-electron chi connectivity index (χ4n) is 1.63. The third kappa shape index (κ3) is 2.77. The Morgan fingerprint density at radius 1 is 1.44 bits per heavy atom. The summed E-state index contributed by atoms with van der Waals surface area (Å²) in [6.07, 6.45) is 2.15.